The van der Waals surface area contributed by atoms with Crippen LogP contribution in [0.3, 0.4) is 0 Å². The molecule has 124 valence electrons. The van der Waals surface area contributed by atoms with Crippen molar-refractivity contribution in [3.8, 4) is 11.5 Å². The van der Waals surface area contributed by atoms with Crippen LogP contribution in [0.2, 0.25) is 0 Å². The summed E-state index contributed by atoms with van der Waals surface area (Å²) in [5.74, 6) is 1.66. The molecule has 4 heteroatoms. The highest BCUT2D eigenvalue weighted by molar-refractivity contribution is 5.28. The molecule has 0 saturated heterocycles. The van der Waals surface area contributed by atoms with Crippen LogP contribution in [0.4, 0.5) is 0 Å². The molecular weight excluding hydrogens is 290 g/mol. The van der Waals surface area contributed by atoms with Crippen molar-refractivity contribution >= 4 is 0 Å². The van der Waals surface area contributed by atoms with Gasteiger partial charge in [-0.1, -0.05) is 37.3 Å². The first-order valence-electron chi connectivity index (χ1n) is 8.06. The van der Waals surface area contributed by atoms with Gasteiger partial charge < -0.3 is 19.9 Å². The lowest BCUT2D eigenvalue weighted by atomic mass is 10.2. The predicted octanol–water partition coefficient (Wildman–Crippen LogP) is 2.66. The number of nitrogens with one attached hydrogen (secondary N) is 1. The number of rotatable bonds is 10. The van der Waals surface area contributed by atoms with Gasteiger partial charge in [-0.15, -0.1) is 0 Å². The summed E-state index contributed by atoms with van der Waals surface area (Å²) in [6.45, 7) is 4.12. The first-order chi connectivity index (χ1) is 11.3. The summed E-state index contributed by atoms with van der Waals surface area (Å²) in [4.78, 5) is 0. The Morgan fingerprint density at radius 2 is 1.78 bits per heavy atom. The first-order valence-corrected chi connectivity index (χ1v) is 8.06. The van der Waals surface area contributed by atoms with Gasteiger partial charge in [-0.25, -0.2) is 0 Å². The zero-order chi connectivity index (χ0) is 16.3. The van der Waals surface area contributed by atoms with E-state index in [0.29, 0.717) is 19.7 Å². The van der Waals surface area contributed by atoms with Crippen molar-refractivity contribution in [2.24, 2.45) is 0 Å². The number of aliphatic hydroxyl groups excluding tert-OH is 1. The molecule has 0 fully saturated rings. The van der Waals surface area contributed by atoms with E-state index in [4.69, 9.17) is 9.47 Å². The van der Waals surface area contributed by atoms with Gasteiger partial charge in [-0.3, -0.25) is 0 Å². The minimum atomic E-state index is -0.543. The van der Waals surface area contributed by atoms with Gasteiger partial charge in [0.2, 0.25) is 0 Å². The summed E-state index contributed by atoms with van der Waals surface area (Å²) in [6, 6.07) is 17.6. The second-order valence-corrected chi connectivity index (χ2v) is 5.33. The Kier molecular flexibility index (Phi) is 7.43. The van der Waals surface area contributed by atoms with Gasteiger partial charge in [0.1, 0.15) is 30.8 Å². The van der Waals surface area contributed by atoms with Crippen LogP contribution in [0.15, 0.2) is 54.6 Å². The molecule has 0 heterocycles. The van der Waals surface area contributed by atoms with Gasteiger partial charge in [0.25, 0.3) is 0 Å². The van der Waals surface area contributed by atoms with Crippen molar-refractivity contribution in [3.63, 3.8) is 0 Å². The number of benzene rings is 2. The summed E-state index contributed by atoms with van der Waals surface area (Å²) in [5, 5.41) is 13.0. The molecule has 0 bridgehead atoms. The molecule has 0 aromatic heterocycles. The SMILES string of the molecule is CCc1cccc(OCCNCC(O)COc2ccccc2)c1. The molecule has 0 radical (unpaired) electrons. The van der Waals surface area contributed by atoms with Crippen LogP contribution in [0.1, 0.15) is 12.5 Å². The van der Waals surface area contributed by atoms with Crippen molar-refractivity contribution in [3.05, 3.63) is 60.2 Å². The van der Waals surface area contributed by atoms with E-state index in [2.05, 4.69) is 24.4 Å². The topological polar surface area (TPSA) is 50.7 Å². The maximum absolute atomic E-state index is 9.87. The summed E-state index contributed by atoms with van der Waals surface area (Å²) < 4.78 is 11.2. The van der Waals surface area contributed by atoms with Crippen LogP contribution in [0.5, 0.6) is 11.5 Å². The summed E-state index contributed by atoms with van der Waals surface area (Å²) >= 11 is 0. The zero-order valence-electron chi connectivity index (χ0n) is 13.6. The lowest BCUT2D eigenvalue weighted by Gasteiger charge is -2.13. The quantitative estimate of drug-likeness (QED) is 0.662. The largest absolute Gasteiger partial charge is 0.492 e. The molecule has 2 N–H and O–H groups in total. The lowest BCUT2D eigenvalue weighted by Crippen LogP contribution is -2.33. The van der Waals surface area contributed by atoms with E-state index in [9.17, 15) is 5.11 Å². The third kappa shape index (κ3) is 6.72. The average Bonchev–Trinajstić information content (AvgIpc) is 2.61. The highest BCUT2D eigenvalue weighted by Crippen LogP contribution is 2.13. The van der Waals surface area contributed by atoms with Crippen LogP contribution in [0.25, 0.3) is 0 Å². The van der Waals surface area contributed by atoms with E-state index in [0.717, 1.165) is 17.9 Å². The molecule has 0 amide bonds. The minimum Gasteiger partial charge on any atom is -0.492 e. The molecular formula is C19H25NO3. The van der Waals surface area contributed by atoms with E-state index >= 15 is 0 Å². The third-order valence-electron chi connectivity index (χ3n) is 3.42. The van der Waals surface area contributed by atoms with Crippen molar-refractivity contribution in [1.82, 2.24) is 5.32 Å². The number of hydrogen-bond acceptors (Lipinski definition) is 4. The zero-order valence-corrected chi connectivity index (χ0v) is 13.6. The smallest absolute Gasteiger partial charge is 0.119 e. The van der Waals surface area contributed by atoms with Crippen molar-refractivity contribution < 1.29 is 14.6 Å². The van der Waals surface area contributed by atoms with Gasteiger partial charge in [0.15, 0.2) is 0 Å². The van der Waals surface area contributed by atoms with Crippen LogP contribution >= 0.6 is 0 Å². The minimum absolute atomic E-state index is 0.274. The van der Waals surface area contributed by atoms with E-state index in [1.165, 1.54) is 5.56 Å². The fourth-order valence-electron chi connectivity index (χ4n) is 2.13. The Labute approximate surface area is 138 Å². The third-order valence-corrected chi connectivity index (χ3v) is 3.42. The Morgan fingerprint density at radius 1 is 1.00 bits per heavy atom. The number of para-hydroxylation sites is 1. The van der Waals surface area contributed by atoms with Crippen molar-refractivity contribution in [2.45, 2.75) is 19.4 Å². The summed E-state index contributed by atoms with van der Waals surface area (Å²) in [6.07, 6.45) is 0.460. The second-order valence-electron chi connectivity index (χ2n) is 5.33. The first kappa shape index (κ1) is 17.3. The molecule has 0 aliphatic rings. The van der Waals surface area contributed by atoms with Gasteiger partial charge in [-0.05, 0) is 36.2 Å². The molecule has 2 aromatic carbocycles. The fraction of sp³-hybridized carbons (Fsp3) is 0.368. The molecule has 0 saturated carbocycles. The Morgan fingerprint density at radius 3 is 2.57 bits per heavy atom. The maximum atomic E-state index is 9.87. The number of aliphatic hydroxyl groups is 1. The molecule has 2 rings (SSSR count). The lowest BCUT2D eigenvalue weighted by molar-refractivity contribution is 0.105. The van der Waals surface area contributed by atoms with Gasteiger partial charge in [0, 0.05) is 13.1 Å². The number of aryl methyl sites for hydroxylation is 1. The number of ether oxygens (including phenoxy) is 2. The fourth-order valence-corrected chi connectivity index (χ4v) is 2.13. The van der Waals surface area contributed by atoms with E-state index in [1.807, 2.05) is 42.5 Å². The van der Waals surface area contributed by atoms with Gasteiger partial charge in [-0.2, -0.15) is 0 Å². The van der Waals surface area contributed by atoms with E-state index in [1.54, 1.807) is 0 Å². The number of hydrogen-bond donors (Lipinski definition) is 2. The van der Waals surface area contributed by atoms with Gasteiger partial charge >= 0.3 is 0 Å². The van der Waals surface area contributed by atoms with Crippen molar-refractivity contribution in [1.29, 1.82) is 0 Å². The Hall–Kier alpha value is -2.04. The Bertz CT molecular complexity index is 560. The molecule has 0 aliphatic carbocycles. The molecule has 0 spiro atoms. The standard InChI is InChI=1S/C19H25NO3/c1-2-16-7-6-10-19(13-16)22-12-11-20-14-17(21)15-23-18-8-4-3-5-9-18/h3-10,13,17,20-21H,2,11-12,14-15H2,1H3. The van der Waals surface area contributed by atoms with Crippen LogP contribution in [-0.2, 0) is 6.42 Å². The highest BCUT2D eigenvalue weighted by Gasteiger charge is 2.04. The second kappa shape index (κ2) is 9.87. The molecule has 2 aromatic rings. The van der Waals surface area contributed by atoms with Crippen LogP contribution < -0.4 is 14.8 Å². The van der Waals surface area contributed by atoms with Gasteiger partial charge in [0.05, 0.1) is 0 Å². The maximum Gasteiger partial charge on any atom is 0.119 e. The molecule has 4 nitrogen and oxygen atoms in total. The highest BCUT2D eigenvalue weighted by atomic mass is 16.5. The molecule has 23 heavy (non-hydrogen) atoms. The summed E-state index contributed by atoms with van der Waals surface area (Å²) in [5.41, 5.74) is 1.27. The molecule has 1 unspecified atom stereocenters. The van der Waals surface area contributed by atoms with Crippen molar-refractivity contribution in [2.75, 3.05) is 26.3 Å². The normalized spacial score (nSPS) is 11.9. The predicted molar refractivity (Wildman–Crippen MR) is 92.1 cm³/mol. The molecule has 0 aliphatic heterocycles. The summed E-state index contributed by atoms with van der Waals surface area (Å²) in [7, 11) is 0. The monoisotopic (exact) mass is 315 g/mol. The Balaban J connectivity index is 1.56. The molecule has 1 atom stereocenters. The van der Waals surface area contributed by atoms with E-state index in [-0.39, 0.29) is 6.61 Å². The average molecular weight is 315 g/mol. The van der Waals surface area contributed by atoms with E-state index < -0.39 is 6.10 Å². The van der Waals surface area contributed by atoms with Crippen LogP contribution in [-0.4, -0.2) is 37.5 Å². The van der Waals surface area contributed by atoms with Crippen LogP contribution in [0, 0.1) is 0 Å².